The highest BCUT2D eigenvalue weighted by Crippen LogP contribution is 2.31. The van der Waals surface area contributed by atoms with E-state index in [0.717, 1.165) is 21.7 Å². The van der Waals surface area contributed by atoms with Gasteiger partial charge in [-0.05, 0) is 43.5 Å². The number of nitrogens with two attached hydrogens (primary N) is 1. The zero-order valence-electron chi connectivity index (χ0n) is 14.5. The summed E-state index contributed by atoms with van der Waals surface area (Å²) in [5, 5.41) is 0. The van der Waals surface area contributed by atoms with E-state index in [2.05, 4.69) is 18.2 Å². The minimum atomic E-state index is -0.352. The van der Waals surface area contributed by atoms with Gasteiger partial charge in [-0.2, -0.15) is 0 Å². The van der Waals surface area contributed by atoms with Crippen molar-refractivity contribution in [2.24, 2.45) is 11.7 Å². The maximum atomic E-state index is 12.9. The Morgan fingerprint density at radius 3 is 2.72 bits per heavy atom. The number of para-hydroxylation sites is 1. The molecular formula is C20H22N2O2S. The van der Waals surface area contributed by atoms with Gasteiger partial charge in [-0.3, -0.25) is 9.59 Å². The molecule has 0 saturated heterocycles. The SMILES string of the molecule is Cc1ccc(C)c(SCC(=O)N2C[C@@H](C(N)=O)Cc3ccccc32)c1. The lowest BCUT2D eigenvalue weighted by Crippen LogP contribution is -2.45. The van der Waals surface area contributed by atoms with Crippen LogP contribution >= 0.6 is 11.8 Å². The fourth-order valence-electron chi connectivity index (χ4n) is 3.10. The van der Waals surface area contributed by atoms with Crippen LogP contribution < -0.4 is 10.6 Å². The number of thioether (sulfide) groups is 1. The highest BCUT2D eigenvalue weighted by Gasteiger charge is 2.31. The van der Waals surface area contributed by atoms with Crippen LogP contribution in [0.15, 0.2) is 47.4 Å². The minimum Gasteiger partial charge on any atom is -0.369 e. The Morgan fingerprint density at radius 1 is 1.20 bits per heavy atom. The van der Waals surface area contributed by atoms with E-state index in [9.17, 15) is 9.59 Å². The lowest BCUT2D eigenvalue weighted by molar-refractivity contribution is -0.122. The highest BCUT2D eigenvalue weighted by atomic mass is 32.2. The Morgan fingerprint density at radius 2 is 1.96 bits per heavy atom. The number of fused-ring (bicyclic) bond motifs is 1. The number of hydrogen-bond acceptors (Lipinski definition) is 3. The molecule has 0 aromatic heterocycles. The molecule has 130 valence electrons. The Labute approximate surface area is 152 Å². The number of carbonyl (C=O) groups is 2. The third-order valence-electron chi connectivity index (χ3n) is 4.55. The Kier molecular flexibility index (Phi) is 5.13. The average molecular weight is 354 g/mol. The van der Waals surface area contributed by atoms with Crippen LogP contribution in [-0.2, 0) is 16.0 Å². The number of nitrogens with zero attached hydrogens (tertiary/aromatic N) is 1. The van der Waals surface area contributed by atoms with E-state index >= 15 is 0 Å². The summed E-state index contributed by atoms with van der Waals surface area (Å²) in [6.45, 7) is 4.45. The fourth-order valence-corrected chi connectivity index (χ4v) is 4.10. The average Bonchev–Trinajstić information content (AvgIpc) is 2.61. The smallest absolute Gasteiger partial charge is 0.237 e. The lowest BCUT2D eigenvalue weighted by atomic mass is 9.92. The number of primary amides is 1. The van der Waals surface area contributed by atoms with Gasteiger partial charge in [0.15, 0.2) is 0 Å². The van der Waals surface area contributed by atoms with Crippen molar-refractivity contribution in [2.75, 3.05) is 17.2 Å². The predicted octanol–water partition coefficient (Wildman–Crippen LogP) is 3.09. The number of aryl methyl sites for hydroxylation is 2. The molecule has 2 aromatic carbocycles. The van der Waals surface area contributed by atoms with Gasteiger partial charge in [0.2, 0.25) is 11.8 Å². The number of rotatable bonds is 4. The maximum absolute atomic E-state index is 12.9. The zero-order valence-corrected chi connectivity index (χ0v) is 15.3. The first-order valence-electron chi connectivity index (χ1n) is 8.33. The molecule has 25 heavy (non-hydrogen) atoms. The van der Waals surface area contributed by atoms with Crippen molar-refractivity contribution in [1.82, 2.24) is 0 Å². The van der Waals surface area contributed by atoms with Crippen molar-refractivity contribution in [2.45, 2.75) is 25.2 Å². The number of hydrogen-bond donors (Lipinski definition) is 1. The summed E-state index contributed by atoms with van der Waals surface area (Å²) in [5.74, 6) is -0.340. The normalized spacial score (nSPS) is 16.4. The molecule has 2 aromatic rings. The number of benzene rings is 2. The number of carbonyl (C=O) groups excluding carboxylic acids is 2. The third-order valence-corrected chi connectivity index (χ3v) is 5.69. The summed E-state index contributed by atoms with van der Waals surface area (Å²) >= 11 is 1.54. The van der Waals surface area contributed by atoms with Gasteiger partial charge in [-0.15, -0.1) is 11.8 Å². The predicted molar refractivity (Wildman–Crippen MR) is 102 cm³/mol. The molecule has 2 N–H and O–H groups in total. The second kappa shape index (κ2) is 7.31. The van der Waals surface area contributed by atoms with Gasteiger partial charge in [0.1, 0.15) is 0 Å². The summed E-state index contributed by atoms with van der Waals surface area (Å²) in [4.78, 5) is 27.4. The topological polar surface area (TPSA) is 63.4 Å². The molecular weight excluding hydrogens is 332 g/mol. The number of anilines is 1. The van der Waals surface area contributed by atoms with Crippen LogP contribution in [0.25, 0.3) is 0 Å². The van der Waals surface area contributed by atoms with Crippen molar-refractivity contribution >= 4 is 29.3 Å². The maximum Gasteiger partial charge on any atom is 0.237 e. The zero-order chi connectivity index (χ0) is 18.0. The Bertz CT molecular complexity index is 819. The van der Waals surface area contributed by atoms with E-state index in [4.69, 9.17) is 5.73 Å². The molecule has 0 spiro atoms. The van der Waals surface area contributed by atoms with Crippen LogP contribution in [-0.4, -0.2) is 24.1 Å². The standard InChI is InChI=1S/C20H22N2O2S/c1-13-7-8-14(2)18(9-13)25-12-19(23)22-11-16(20(21)24)10-15-5-3-4-6-17(15)22/h3-9,16H,10-12H2,1-2H3,(H2,21,24)/t16-/m0/s1. The van der Waals surface area contributed by atoms with Crippen molar-refractivity contribution in [3.05, 3.63) is 59.2 Å². The molecule has 4 nitrogen and oxygen atoms in total. The lowest BCUT2D eigenvalue weighted by Gasteiger charge is -2.33. The molecule has 0 bridgehead atoms. The molecule has 5 heteroatoms. The van der Waals surface area contributed by atoms with Gasteiger partial charge < -0.3 is 10.6 Å². The summed E-state index contributed by atoms with van der Waals surface area (Å²) in [6.07, 6.45) is 0.597. The largest absolute Gasteiger partial charge is 0.369 e. The molecule has 2 amide bonds. The molecule has 0 saturated carbocycles. The van der Waals surface area contributed by atoms with Crippen LogP contribution in [0.3, 0.4) is 0 Å². The van der Waals surface area contributed by atoms with Gasteiger partial charge in [0.25, 0.3) is 0 Å². The highest BCUT2D eigenvalue weighted by molar-refractivity contribution is 8.00. The third kappa shape index (κ3) is 3.87. The van der Waals surface area contributed by atoms with E-state index in [1.54, 1.807) is 4.90 Å². The molecule has 0 radical (unpaired) electrons. The quantitative estimate of drug-likeness (QED) is 0.858. The second-order valence-electron chi connectivity index (χ2n) is 6.49. The van der Waals surface area contributed by atoms with E-state index in [1.807, 2.05) is 38.1 Å². The fraction of sp³-hybridized carbons (Fsp3) is 0.300. The first kappa shape index (κ1) is 17.5. The molecule has 0 aliphatic carbocycles. The summed E-state index contributed by atoms with van der Waals surface area (Å²) in [6, 6.07) is 14.0. The summed E-state index contributed by atoms with van der Waals surface area (Å²) < 4.78 is 0. The van der Waals surface area contributed by atoms with E-state index in [1.165, 1.54) is 17.3 Å². The van der Waals surface area contributed by atoms with Crippen LogP contribution in [0.4, 0.5) is 5.69 Å². The van der Waals surface area contributed by atoms with Gasteiger partial charge >= 0.3 is 0 Å². The van der Waals surface area contributed by atoms with Gasteiger partial charge in [0, 0.05) is 17.1 Å². The van der Waals surface area contributed by atoms with E-state index in [0.29, 0.717) is 18.7 Å². The van der Waals surface area contributed by atoms with Crippen molar-refractivity contribution in [3.8, 4) is 0 Å². The van der Waals surface area contributed by atoms with Crippen molar-refractivity contribution < 1.29 is 9.59 Å². The molecule has 1 heterocycles. The van der Waals surface area contributed by atoms with Crippen molar-refractivity contribution in [3.63, 3.8) is 0 Å². The number of amides is 2. The van der Waals surface area contributed by atoms with Crippen LogP contribution in [0.1, 0.15) is 16.7 Å². The minimum absolute atomic E-state index is 0.00399. The molecule has 1 aliphatic rings. The second-order valence-corrected chi connectivity index (χ2v) is 7.51. The molecule has 0 unspecified atom stereocenters. The molecule has 1 atom stereocenters. The molecule has 1 aliphatic heterocycles. The van der Waals surface area contributed by atoms with Gasteiger partial charge in [-0.1, -0.05) is 35.9 Å². The van der Waals surface area contributed by atoms with E-state index < -0.39 is 0 Å². The Hall–Kier alpha value is -2.27. The first-order valence-corrected chi connectivity index (χ1v) is 9.32. The summed E-state index contributed by atoms with van der Waals surface area (Å²) in [5.41, 5.74) is 9.75. The summed E-state index contributed by atoms with van der Waals surface area (Å²) in [7, 11) is 0. The first-order chi connectivity index (χ1) is 12.0. The molecule has 0 fully saturated rings. The van der Waals surface area contributed by atoms with Crippen LogP contribution in [0.5, 0.6) is 0 Å². The Balaban J connectivity index is 1.78. The van der Waals surface area contributed by atoms with Gasteiger partial charge in [-0.25, -0.2) is 0 Å². The van der Waals surface area contributed by atoms with E-state index in [-0.39, 0.29) is 17.7 Å². The van der Waals surface area contributed by atoms with Gasteiger partial charge in [0.05, 0.1) is 11.7 Å². The van der Waals surface area contributed by atoms with Crippen molar-refractivity contribution in [1.29, 1.82) is 0 Å². The molecule has 3 rings (SSSR count). The van der Waals surface area contributed by atoms with Crippen LogP contribution in [0, 0.1) is 19.8 Å². The monoisotopic (exact) mass is 354 g/mol. The van der Waals surface area contributed by atoms with Crippen LogP contribution in [0.2, 0.25) is 0 Å².